The number of rotatable bonds is 2. The zero-order chi connectivity index (χ0) is 20.1. The molecule has 0 unspecified atom stereocenters. The Morgan fingerprint density at radius 1 is 1.07 bits per heavy atom. The van der Waals surface area contributed by atoms with Gasteiger partial charge < -0.3 is 4.90 Å². The zero-order valence-corrected chi connectivity index (χ0v) is 16.6. The van der Waals surface area contributed by atoms with Crippen LogP contribution in [-0.4, -0.2) is 35.9 Å². The molecule has 146 valence electrons. The van der Waals surface area contributed by atoms with E-state index < -0.39 is 0 Å². The first-order chi connectivity index (χ1) is 14.0. The molecule has 0 spiro atoms. The van der Waals surface area contributed by atoms with Gasteiger partial charge in [-0.15, -0.1) is 5.10 Å². The monoisotopic (exact) mass is 387 g/mol. The molecule has 4 aromatic heterocycles. The summed E-state index contributed by atoms with van der Waals surface area (Å²) in [4.78, 5) is 23.6. The van der Waals surface area contributed by atoms with Gasteiger partial charge in [0.25, 0.3) is 5.56 Å². The maximum atomic E-state index is 12.3. The molecule has 5 rings (SSSR count). The minimum Gasteiger partial charge on any atom is -0.350 e. The highest BCUT2D eigenvalue weighted by atomic mass is 16.1. The average Bonchev–Trinajstić information content (AvgIpc) is 3.16. The van der Waals surface area contributed by atoms with Crippen molar-refractivity contribution < 1.29 is 0 Å². The van der Waals surface area contributed by atoms with Crippen molar-refractivity contribution in [1.82, 2.24) is 29.4 Å². The third-order valence-corrected chi connectivity index (χ3v) is 5.71. The second kappa shape index (κ2) is 6.51. The van der Waals surface area contributed by atoms with Crippen molar-refractivity contribution in [3.05, 3.63) is 69.5 Å². The molecule has 0 bridgehead atoms. The van der Waals surface area contributed by atoms with Crippen LogP contribution in [0, 0.1) is 13.8 Å². The lowest BCUT2D eigenvalue weighted by Gasteiger charge is -2.31. The summed E-state index contributed by atoms with van der Waals surface area (Å²) < 4.78 is 3.25. The van der Waals surface area contributed by atoms with Gasteiger partial charge in [0.2, 0.25) is 0 Å². The lowest BCUT2D eigenvalue weighted by atomic mass is 10.0. The second-order valence-corrected chi connectivity index (χ2v) is 7.43. The highest BCUT2D eigenvalue weighted by Crippen LogP contribution is 2.29. The van der Waals surface area contributed by atoms with Gasteiger partial charge in [-0.1, -0.05) is 0 Å². The van der Waals surface area contributed by atoms with E-state index in [1.54, 1.807) is 6.20 Å². The molecule has 0 saturated carbocycles. The van der Waals surface area contributed by atoms with Crippen molar-refractivity contribution >= 4 is 11.5 Å². The molecule has 0 amide bonds. The fraction of sp³-hybridized carbons (Fsp3) is 0.286. The van der Waals surface area contributed by atoms with E-state index >= 15 is 0 Å². The van der Waals surface area contributed by atoms with Crippen LogP contribution >= 0.6 is 0 Å². The minimum absolute atomic E-state index is 0.170. The Kier molecular flexibility index (Phi) is 3.94. The molecular weight excluding hydrogens is 366 g/mol. The van der Waals surface area contributed by atoms with E-state index in [1.165, 1.54) is 22.3 Å². The molecule has 1 aliphatic rings. The van der Waals surface area contributed by atoms with Crippen LogP contribution in [0.4, 0.5) is 5.82 Å². The fourth-order valence-electron chi connectivity index (χ4n) is 3.96. The zero-order valence-electron chi connectivity index (χ0n) is 16.6. The Balaban J connectivity index is 1.57. The SMILES string of the molecule is Cc1c(N2CCc3ncc(-c4ccnn4C)cc3C2)nn2c(=O)ccnc2c1C. The Morgan fingerprint density at radius 3 is 2.72 bits per heavy atom. The number of pyridine rings is 1. The van der Waals surface area contributed by atoms with Crippen LogP contribution in [0.1, 0.15) is 22.4 Å². The van der Waals surface area contributed by atoms with E-state index in [0.717, 1.165) is 46.9 Å². The normalized spacial score (nSPS) is 13.7. The summed E-state index contributed by atoms with van der Waals surface area (Å²) in [6.07, 6.45) is 6.08. The number of fused-ring (bicyclic) bond motifs is 2. The molecule has 29 heavy (non-hydrogen) atoms. The van der Waals surface area contributed by atoms with Crippen LogP contribution in [0.3, 0.4) is 0 Å². The molecule has 0 radical (unpaired) electrons. The minimum atomic E-state index is -0.170. The van der Waals surface area contributed by atoms with E-state index in [1.807, 2.05) is 37.8 Å². The molecule has 1 aliphatic heterocycles. The van der Waals surface area contributed by atoms with E-state index in [4.69, 9.17) is 4.98 Å². The Bertz CT molecular complexity index is 1300. The summed E-state index contributed by atoms with van der Waals surface area (Å²) in [7, 11) is 1.93. The number of anilines is 1. The Hall–Kier alpha value is -3.55. The topological polar surface area (TPSA) is 81.2 Å². The molecular formula is C21H21N7O. The van der Waals surface area contributed by atoms with E-state index in [0.29, 0.717) is 12.2 Å². The van der Waals surface area contributed by atoms with Crippen LogP contribution in [-0.2, 0) is 20.0 Å². The van der Waals surface area contributed by atoms with Gasteiger partial charge in [0.05, 0.1) is 5.69 Å². The number of nitrogens with zero attached hydrogens (tertiary/aromatic N) is 7. The first-order valence-electron chi connectivity index (χ1n) is 9.59. The number of hydrogen-bond acceptors (Lipinski definition) is 6. The molecule has 8 nitrogen and oxygen atoms in total. The molecule has 4 aromatic rings. The molecule has 0 aliphatic carbocycles. The Morgan fingerprint density at radius 2 is 1.93 bits per heavy atom. The molecule has 5 heterocycles. The van der Waals surface area contributed by atoms with Crippen molar-refractivity contribution in [3.8, 4) is 11.3 Å². The van der Waals surface area contributed by atoms with Crippen molar-refractivity contribution in [1.29, 1.82) is 0 Å². The first-order valence-corrected chi connectivity index (χ1v) is 9.59. The van der Waals surface area contributed by atoms with E-state index in [2.05, 4.69) is 26.1 Å². The summed E-state index contributed by atoms with van der Waals surface area (Å²) in [6, 6.07) is 5.61. The summed E-state index contributed by atoms with van der Waals surface area (Å²) in [6.45, 7) is 5.53. The number of aromatic nitrogens is 6. The van der Waals surface area contributed by atoms with Gasteiger partial charge in [-0.3, -0.25) is 14.5 Å². The van der Waals surface area contributed by atoms with Crippen molar-refractivity contribution in [2.45, 2.75) is 26.8 Å². The maximum absolute atomic E-state index is 12.3. The molecule has 0 atom stereocenters. The number of hydrogen-bond donors (Lipinski definition) is 0. The standard InChI is InChI=1S/C21H21N7O/c1-13-14(2)21(25-28-19(29)5-7-22-20(13)28)27-9-6-17-16(12-27)10-15(11-23-17)18-4-8-24-26(18)3/h4-5,7-8,10-11H,6,9,12H2,1-3H3. The van der Waals surface area contributed by atoms with Crippen LogP contribution in [0.2, 0.25) is 0 Å². The van der Waals surface area contributed by atoms with Crippen molar-refractivity contribution in [2.75, 3.05) is 11.4 Å². The van der Waals surface area contributed by atoms with Crippen LogP contribution in [0.5, 0.6) is 0 Å². The Labute approximate surface area is 167 Å². The van der Waals surface area contributed by atoms with E-state index in [-0.39, 0.29) is 5.56 Å². The van der Waals surface area contributed by atoms with Crippen molar-refractivity contribution in [3.63, 3.8) is 0 Å². The summed E-state index contributed by atoms with van der Waals surface area (Å²) >= 11 is 0. The predicted molar refractivity (Wildman–Crippen MR) is 110 cm³/mol. The lowest BCUT2D eigenvalue weighted by Crippen LogP contribution is -2.33. The summed E-state index contributed by atoms with van der Waals surface area (Å²) in [5.41, 5.74) is 6.82. The largest absolute Gasteiger partial charge is 0.350 e. The van der Waals surface area contributed by atoms with Crippen molar-refractivity contribution in [2.24, 2.45) is 7.05 Å². The maximum Gasteiger partial charge on any atom is 0.274 e. The quantitative estimate of drug-likeness (QED) is 0.524. The number of aryl methyl sites for hydroxylation is 2. The molecule has 0 N–H and O–H groups in total. The van der Waals surface area contributed by atoms with Gasteiger partial charge in [-0.2, -0.15) is 9.61 Å². The summed E-state index contributed by atoms with van der Waals surface area (Å²) in [5.74, 6) is 0.821. The van der Waals surface area contributed by atoms with Crippen LogP contribution < -0.4 is 10.5 Å². The lowest BCUT2D eigenvalue weighted by molar-refractivity contribution is 0.684. The average molecular weight is 387 g/mol. The van der Waals surface area contributed by atoms with Gasteiger partial charge >= 0.3 is 0 Å². The molecule has 0 saturated heterocycles. The van der Waals surface area contributed by atoms with Gasteiger partial charge in [0.15, 0.2) is 11.5 Å². The third-order valence-electron chi connectivity index (χ3n) is 5.71. The van der Waals surface area contributed by atoms with E-state index in [9.17, 15) is 4.79 Å². The van der Waals surface area contributed by atoms with Gasteiger partial charge in [0.1, 0.15) is 0 Å². The fourth-order valence-corrected chi connectivity index (χ4v) is 3.96. The highest BCUT2D eigenvalue weighted by molar-refractivity contribution is 5.62. The smallest absolute Gasteiger partial charge is 0.274 e. The molecule has 0 aromatic carbocycles. The molecule has 0 fully saturated rings. The molecule has 8 heteroatoms. The van der Waals surface area contributed by atoms with Gasteiger partial charge in [-0.05, 0) is 31.5 Å². The van der Waals surface area contributed by atoms with Crippen LogP contribution in [0.25, 0.3) is 16.9 Å². The predicted octanol–water partition coefficient (Wildman–Crippen LogP) is 2.06. The third kappa shape index (κ3) is 2.79. The van der Waals surface area contributed by atoms with Gasteiger partial charge in [0, 0.05) is 73.6 Å². The van der Waals surface area contributed by atoms with Crippen LogP contribution in [0.15, 0.2) is 41.6 Å². The summed E-state index contributed by atoms with van der Waals surface area (Å²) in [5, 5.41) is 8.91. The van der Waals surface area contributed by atoms with Gasteiger partial charge in [-0.25, -0.2) is 4.98 Å². The first kappa shape index (κ1) is 17.5. The second-order valence-electron chi connectivity index (χ2n) is 7.43. The highest BCUT2D eigenvalue weighted by Gasteiger charge is 2.23.